The molecule has 1 N–H and O–H groups in total. The fraction of sp³-hybridized carbons (Fsp3) is 0.478. The van der Waals surface area contributed by atoms with Crippen molar-refractivity contribution in [1.29, 1.82) is 0 Å². The maximum atomic E-state index is 13.1. The molecule has 0 bridgehead atoms. The van der Waals surface area contributed by atoms with Crippen molar-refractivity contribution in [2.75, 3.05) is 20.1 Å². The molecule has 3 rings (SSSR count). The molecule has 0 radical (unpaired) electrons. The third-order valence-corrected chi connectivity index (χ3v) is 5.82. The van der Waals surface area contributed by atoms with Gasteiger partial charge in [-0.25, -0.2) is 9.97 Å². The number of likely N-dealkylation sites (tertiary alicyclic amines) is 1. The van der Waals surface area contributed by atoms with Gasteiger partial charge in [-0.3, -0.25) is 9.59 Å². The SMILES string of the molecule is CNC(=O)Cc1c(C)nc([C@@H]2CCCN(C(=O)[C@H](C)c3ccccc3)C2)nc1C. The van der Waals surface area contributed by atoms with Crippen molar-refractivity contribution in [3.05, 3.63) is 58.7 Å². The molecule has 1 aliphatic rings. The second-order valence-electron chi connectivity index (χ2n) is 7.84. The van der Waals surface area contributed by atoms with Gasteiger partial charge in [-0.2, -0.15) is 0 Å². The minimum atomic E-state index is -0.158. The van der Waals surface area contributed by atoms with E-state index in [0.717, 1.165) is 47.7 Å². The van der Waals surface area contributed by atoms with Crippen molar-refractivity contribution >= 4 is 11.8 Å². The summed E-state index contributed by atoms with van der Waals surface area (Å²) in [6.45, 7) is 7.25. The van der Waals surface area contributed by atoms with Gasteiger partial charge in [0.05, 0.1) is 12.3 Å². The molecule has 1 saturated heterocycles. The average molecular weight is 395 g/mol. The summed E-state index contributed by atoms with van der Waals surface area (Å²) < 4.78 is 0. The first-order valence-corrected chi connectivity index (χ1v) is 10.3. The Morgan fingerprint density at radius 3 is 2.45 bits per heavy atom. The summed E-state index contributed by atoms with van der Waals surface area (Å²) in [5.41, 5.74) is 3.62. The number of aromatic nitrogens is 2. The van der Waals surface area contributed by atoms with Crippen molar-refractivity contribution in [2.24, 2.45) is 0 Å². The number of benzene rings is 1. The fourth-order valence-corrected chi connectivity index (χ4v) is 4.00. The molecule has 29 heavy (non-hydrogen) atoms. The Hall–Kier alpha value is -2.76. The lowest BCUT2D eigenvalue weighted by molar-refractivity contribution is -0.133. The van der Waals surface area contributed by atoms with Crippen molar-refractivity contribution in [1.82, 2.24) is 20.2 Å². The van der Waals surface area contributed by atoms with Crippen molar-refractivity contribution in [3.8, 4) is 0 Å². The van der Waals surface area contributed by atoms with Gasteiger partial charge < -0.3 is 10.2 Å². The van der Waals surface area contributed by atoms with Crippen molar-refractivity contribution < 1.29 is 9.59 Å². The molecular formula is C23H30N4O2. The summed E-state index contributed by atoms with van der Waals surface area (Å²) in [5.74, 6) is 0.865. The number of hydrogen-bond donors (Lipinski definition) is 1. The van der Waals surface area contributed by atoms with E-state index in [4.69, 9.17) is 9.97 Å². The highest BCUT2D eigenvalue weighted by atomic mass is 16.2. The van der Waals surface area contributed by atoms with Crippen LogP contribution in [-0.2, 0) is 16.0 Å². The predicted molar refractivity (Wildman–Crippen MR) is 113 cm³/mol. The molecule has 1 fully saturated rings. The van der Waals surface area contributed by atoms with E-state index in [9.17, 15) is 9.59 Å². The number of carbonyl (C=O) groups excluding carboxylic acids is 2. The first-order valence-electron chi connectivity index (χ1n) is 10.3. The maximum Gasteiger partial charge on any atom is 0.229 e. The van der Waals surface area contributed by atoms with Crippen LogP contribution in [0, 0.1) is 13.8 Å². The summed E-state index contributed by atoms with van der Waals surface area (Å²) in [6, 6.07) is 9.92. The lowest BCUT2D eigenvalue weighted by Crippen LogP contribution is -2.41. The third kappa shape index (κ3) is 4.81. The summed E-state index contributed by atoms with van der Waals surface area (Å²) in [7, 11) is 1.63. The smallest absolute Gasteiger partial charge is 0.229 e. The molecule has 1 aromatic heterocycles. The van der Waals surface area contributed by atoms with E-state index in [1.165, 1.54) is 0 Å². The summed E-state index contributed by atoms with van der Waals surface area (Å²) >= 11 is 0. The zero-order valence-electron chi connectivity index (χ0n) is 17.7. The molecule has 1 aromatic carbocycles. The van der Waals surface area contributed by atoms with Crippen LogP contribution in [0.15, 0.2) is 30.3 Å². The van der Waals surface area contributed by atoms with Gasteiger partial charge in [0.1, 0.15) is 5.82 Å². The lowest BCUT2D eigenvalue weighted by Gasteiger charge is -2.34. The molecular weight excluding hydrogens is 364 g/mol. The van der Waals surface area contributed by atoms with E-state index in [1.807, 2.05) is 56.0 Å². The Labute approximate surface area is 172 Å². The van der Waals surface area contributed by atoms with Crippen molar-refractivity contribution in [2.45, 2.75) is 51.9 Å². The topological polar surface area (TPSA) is 75.2 Å². The zero-order chi connectivity index (χ0) is 21.0. The third-order valence-electron chi connectivity index (χ3n) is 5.82. The second-order valence-corrected chi connectivity index (χ2v) is 7.84. The predicted octanol–water partition coefficient (Wildman–Crippen LogP) is 2.89. The number of aryl methyl sites for hydroxylation is 2. The van der Waals surface area contributed by atoms with Crippen LogP contribution in [0.1, 0.15) is 59.9 Å². The van der Waals surface area contributed by atoms with Gasteiger partial charge in [0, 0.05) is 43.0 Å². The van der Waals surface area contributed by atoms with Crippen LogP contribution in [0.5, 0.6) is 0 Å². The molecule has 2 amide bonds. The molecule has 2 atom stereocenters. The highest BCUT2D eigenvalue weighted by molar-refractivity contribution is 5.83. The molecule has 0 unspecified atom stereocenters. The molecule has 6 nitrogen and oxygen atoms in total. The first-order chi connectivity index (χ1) is 13.9. The molecule has 6 heteroatoms. The highest BCUT2D eigenvalue weighted by Crippen LogP contribution is 2.28. The van der Waals surface area contributed by atoms with E-state index in [0.29, 0.717) is 6.54 Å². The van der Waals surface area contributed by atoms with Crippen LogP contribution in [-0.4, -0.2) is 46.8 Å². The van der Waals surface area contributed by atoms with Gasteiger partial charge in [-0.1, -0.05) is 30.3 Å². The summed E-state index contributed by atoms with van der Waals surface area (Å²) in [4.78, 5) is 36.2. The average Bonchev–Trinajstić information content (AvgIpc) is 2.75. The monoisotopic (exact) mass is 394 g/mol. The Bertz CT molecular complexity index is 859. The Balaban J connectivity index is 1.75. The molecule has 0 aliphatic carbocycles. The van der Waals surface area contributed by atoms with E-state index in [1.54, 1.807) is 7.05 Å². The van der Waals surface area contributed by atoms with Crippen LogP contribution in [0.3, 0.4) is 0 Å². The number of piperidine rings is 1. The first kappa shape index (κ1) is 21.0. The minimum Gasteiger partial charge on any atom is -0.359 e. The van der Waals surface area contributed by atoms with E-state index in [2.05, 4.69) is 5.32 Å². The second kappa shape index (κ2) is 9.16. The zero-order valence-corrected chi connectivity index (χ0v) is 17.7. The fourth-order valence-electron chi connectivity index (χ4n) is 4.00. The Morgan fingerprint density at radius 1 is 1.17 bits per heavy atom. The Morgan fingerprint density at radius 2 is 1.83 bits per heavy atom. The molecule has 0 spiro atoms. The Kier molecular flexibility index (Phi) is 6.62. The van der Waals surface area contributed by atoms with Crippen LogP contribution in [0.4, 0.5) is 0 Å². The number of rotatable bonds is 5. The van der Waals surface area contributed by atoms with Gasteiger partial charge in [-0.15, -0.1) is 0 Å². The molecule has 1 aliphatic heterocycles. The largest absolute Gasteiger partial charge is 0.359 e. The number of likely N-dealkylation sites (N-methyl/N-ethyl adjacent to an activating group) is 1. The van der Waals surface area contributed by atoms with Crippen LogP contribution < -0.4 is 5.32 Å². The number of nitrogens with zero attached hydrogens (tertiary/aromatic N) is 3. The van der Waals surface area contributed by atoms with Gasteiger partial charge in [0.2, 0.25) is 11.8 Å². The van der Waals surface area contributed by atoms with E-state index < -0.39 is 0 Å². The van der Waals surface area contributed by atoms with E-state index >= 15 is 0 Å². The van der Waals surface area contributed by atoms with Gasteiger partial charge in [0.25, 0.3) is 0 Å². The summed E-state index contributed by atoms with van der Waals surface area (Å²) in [5, 5.41) is 2.65. The van der Waals surface area contributed by atoms with Crippen LogP contribution >= 0.6 is 0 Å². The molecule has 2 heterocycles. The highest BCUT2D eigenvalue weighted by Gasteiger charge is 2.30. The normalized spacial score (nSPS) is 17.7. The van der Waals surface area contributed by atoms with Gasteiger partial charge in [0.15, 0.2) is 0 Å². The number of hydrogen-bond acceptors (Lipinski definition) is 4. The number of nitrogens with one attached hydrogen (secondary N) is 1. The quantitative estimate of drug-likeness (QED) is 0.846. The molecule has 2 aromatic rings. The van der Waals surface area contributed by atoms with Crippen molar-refractivity contribution in [3.63, 3.8) is 0 Å². The summed E-state index contributed by atoms with van der Waals surface area (Å²) in [6.07, 6.45) is 2.20. The standard InChI is InChI=1S/C23H30N4O2/c1-15(18-9-6-5-7-10-18)23(29)27-12-8-11-19(14-27)22-25-16(2)20(17(3)26-22)13-21(28)24-4/h5-7,9-10,15,19H,8,11-14H2,1-4H3,(H,24,28)/t15-,19-/m1/s1. The number of carbonyl (C=O) groups is 2. The molecule has 154 valence electrons. The molecule has 0 saturated carbocycles. The lowest BCUT2D eigenvalue weighted by atomic mass is 9.93. The number of amides is 2. The van der Waals surface area contributed by atoms with Gasteiger partial charge >= 0.3 is 0 Å². The van der Waals surface area contributed by atoms with Crippen LogP contribution in [0.2, 0.25) is 0 Å². The maximum absolute atomic E-state index is 13.1. The minimum absolute atomic E-state index is 0.0445. The van der Waals surface area contributed by atoms with Gasteiger partial charge in [-0.05, 0) is 39.2 Å². The van der Waals surface area contributed by atoms with E-state index in [-0.39, 0.29) is 30.1 Å². The van der Waals surface area contributed by atoms with Crippen LogP contribution in [0.25, 0.3) is 0 Å².